The number of methoxy groups -OCH3 is 1. The Hall–Kier alpha value is -2.35. The minimum atomic E-state index is -0.321. The molecule has 0 saturated carbocycles. The van der Waals surface area contributed by atoms with Gasteiger partial charge in [-0.25, -0.2) is 9.18 Å². The summed E-state index contributed by atoms with van der Waals surface area (Å²) in [6.45, 7) is 7.19. The molecule has 3 fully saturated rings. The van der Waals surface area contributed by atoms with Gasteiger partial charge >= 0.3 is 6.09 Å². The summed E-state index contributed by atoms with van der Waals surface area (Å²) in [4.78, 5) is 33.4. The van der Waals surface area contributed by atoms with E-state index in [-0.39, 0.29) is 29.3 Å². The maximum atomic E-state index is 13.2. The molecule has 1 aromatic rings. The number of hydrogen-bond donors (Lipinski definition) is 0. The van der Waals surface area contributed by atoms with Gasteiger partial charge in [0.2, 0.25) is 5.91 Å². The molecule has 7 nitrogen and oxygen atoms in total. The summed E-state index contributed by atoms with van der Waals surface area (Å²) in [6, 6.07) is 7.35. The molecular weight excluding hydrogens is 411 g/mol. The Morgan fingerprint density at radius 3 is 2.47 bits per heavy atom. The molecule has 0 aliphatic carbocycles. The summed E-state index contributed by atoms with van der Waals surface area (Å²) in [5.41, 5.74) is 0.748. The van der Waals surface area contributed by atoms with Gasteiger partial charge in [-0.15, -0.1) is 0 Å². The summed E-state index contributed by atoms with van der Waals surface area (Å²) >= 11 is 0. The SMILES string of the molecule is COC(=O)N1CCC2(CC1)C[C@H](CCN1CCN(c3ccc(F)cc3)[C@H](C)C1)N(C)C2=O. The monoisotopic (exact) mass is 446 g/mol. The number of halogens is 1. The standard InChI is InChI=1S/C24H35FN4O3/c1-18-17-27(14-15-29(18)20-6-4-19(25)5-7-20)11-8-21-16-24(22(30)26(21)2)9-12-28(13-10-24)23(31)32-3/h4-7,18,21H,8-17H2,1-3H3/t18-,21+/m1/s1. The number of rotatable bonds is 4. The third kappa shape index (κ3) is 4.42. The van der Waals surface area contributed by atoms with Crippen molar-refractivity contribution in [1.82, 2.24) is 14.7 Å². The molecule has 1 spiro atoms. The van der Waals surface area contributed by atoms with Crippen molar-refractivity contribution in [1.29, 1.82) is 0 Å². The van der Waals surface area contributed by atoms with Crippen LogP contribution in [0.2, 0.25) is 0 Å². The Bertz CT molecular complexity index is 825. The summed E-state index contributed by atoms with van der Waals surface area (Å²) < 4.78 is 18.1. The smallest absolute Gasteiger partial charge is 0.409 e. The molecule has 0 N–H and O–H groups in total. The molecule has 3 aliphatic rings. The topological polar surface area (TPSA) is 56.3 Å². The lowest BCUT2D eigenvalue weighted by atomic mass is 9.76. The van der Waals surface area contributed by atoms with Gasteiger partial charge in [0.1, 0.15) is 5.82 Å². The van der Waals surface area contributed by atoms with E-state index in [1.165, 1.54) is 19.2 Å². The molecule has 8 heteroatoms. The first-order valence-corrected chi connectivity index (χ1v) is 11.7. The minimum absolute atomic E-state index is 0.205. The van der Waals surface area contributed by atoms with Gasteiger partial charge in [0.25, 0.3) is 0 Å². The third-order valence-corrected chi connectivity index (χ3v) is 7.75. The quantitative estimate of drug-likeness (QED) is 0.712. The molecule has 0 radical (unpaired) electrons. The van der Waals surface area contributed by atoms with Gasteiger partial charge in [-0.05, 0) is 56.9 Å². The summed E-state index contributed by atoms with van der Waals surface area (Å²) in [6.07, 6.45) is 2.98. The molecule has 0 unspecified atom stereocenters. The predicted octanol–water partition coefficient (Wildman–Crippen LogP) is 2.81. The van der Waals surface area contributed by atoms with E-state index in [1.54, 1.807) is 4.90 Å². The number of hydrogen-bond acceptors (Lipinski definition) is 5. The van der Waals surface area contributed by atoms with E-state index in [0.29, 0.717) is 19.1 Å². The fraction of sp³-hybridized carbons (Fsp3) is 0.667. The van der Waals surface area contributed by atoms with Crippen LogP contribution in [-0.2, 0) is 9.53 Å². The van der Waals surface area contributed by atoms with Gasteiger partial charge in [0.05, 0.1) is 12.5 Å². The van der Waals surface area contributed by atoms with Crippen molar-refractivity contribution >= 4 is 17.7 Å². The van der Waals surface area contributed by atoms with E-state index in [2.05, 4.69) is 16.7 Å². The molecule has 2 atom stereocenters. The molecule has 0 bridgehead atoms. The Kier molecular flexibility index (Phi) is 6.60. The molecule has 32 heavy (non-hydrogen) atoms. The van der Waals surface area contributed by atoms with E-state index in [1.807, 2.05) is 24.1 Å². The molecule has 176 valence electrons. The Morgan fingerprint density at radius 2 is 1.84 bits per heavy atom. The average Bonchev–Trinajstić information content (AvgIpc) is 3.03. The predicted molar refractivity (Wildman–Crippen MR) is 121 cm³/mol. The fourth-order valence-corrected chi connectivity index (χ4v) is 5.76. The summed E-state index contributed by atoms with van der Waals surface area (Å²) in [5.74, 6) is 0.0329. The van der Waals surface area contributed by atoms with Crippen LogP contribution in [0.5, 0.6) is 0 Å². The maximum Gasteiger partial charge on any atom is 0.409 e. The van der Waals surface area contributed by atoms with Gasteiger partial charge < -0.3 is 19.4 Å². The van der Waals surface area contributed by atoms with E-state index in [9.17, 15) is 14.0 Å². The average molecular weight is 447 g/mol. The number of nitrogens with zero attached hydrogens (tertiary/aromatic N) is 4. The van der Waals surface area contributed by atoms with Gasteiger partial charge in [-0.1, -0.05) is 0 Å². The second-order valence-corrected chi connectivity index (χ2v) is 9.62. The van der Waals surface area contributed by atoms with Crippen molar-refractivity contribution in [3.8, 4) is 0 Å². The van der Waals surface area contributed by atoms with E-state index in [0.717, 1.165) is 57.5 Å². The van der Waals surface area contributed by atoms with Crippen molar-refractivity contribution in [2.24, 2.45) is 5.41 Å². The second kappa shape index (κ2) is 9.25. The summed E-state index contributed by atoms with van der Waals surface area (Å²) in [5, 5.41) is 0. The number of piperazine rings is 1. The number of amides is 2. The maximum absolute atomic E-state index is 13.2. The third-order valence-electron chi connectivity index (χ3n) is 7.75. The first-order chi connectivity index (χ1) is 15.3. The Balaban J connectivity index is 1.29. The van der Waals surface area contributed by atoms with Crippen molar-refractivity contribution in [3.05, 3.63) is 30.1 Å². The van der Waals surface area contributed by atoms with Crippen LogP contribution in [0, 0.1) is 11.2 Å². The van der Waals surface area contributed by atoms with E-state index < -0.39 is 0 Å². The highest BCUT2D eigenvalue weighted by molar-refractivity contribution is 5.85. The largest absolute Gasteiger partial charge is 0.453 e. The number of anilines is 1. The van der Waals surface area contributed by atoms with Crippen LogP contribution in [0.3, 0.4) is 0 Å². The number of carbonyl (C=O) groups is 2. The van der Waals surface area contributed by atoms with Crippen LogP contribution in [0.4, 0.5) is 14.9 Å². The second-order valence-electron chi connectivity index (χ2n) is 9.62. The molecule has 0 aromatic heterocycles. The van der Waals surface area contributed by atoms with E-state index >= 15 is 0 Å². The zero-order valence-corrected chi connectivity index (χ0v) is 19.4. The highest BCUT2D eigenvalue weighted by Gasteiger charge is 2.51. The molecule has 3 heterocycles. The number of ether oxygens (including phenoxy) is 1. The van der Waals surface area contributed by atoms with Gasteiger partial charge in [0, 0.05) is 64.1 Å². The van der Waals surface area contributed by atoms with Crippen LogP contribution in [0.1, 0.15) is 32.6 Å². The van der Waals surface area contributed by atoms with Crippen molar-refractivity contribution < 1.29 is 18.7 Å². The lowest BCUT2D eigenvalue weighted by Gasteiger charge is -2.41. The zero-order chi connectivity index (χ0) is 22.9. The summed E-state index contributed by atoms with van der Waals surface area (Å²) in [7, 11) is 3.33. The number of benzene rings is 1. The van der Waals surface area contributed by atoms with Gasteiger partial charge in [0.15, 0.2) is 0 Å². The Labute approximate surface area is 190 Å². The van der Waals surface area contributed by atoms with E-state index in [4.69, 9.17) is 4.74 Å². The number of carbonyl (C=O) groups excluding carboxylic acids is 2. The molecule has 3 aliphatic heterocycles. The minimum Gasteiger partial charge on any atom is -0.453 e. The zero-order valence-electron chi connectivity index (χ0n) is 19.4. The van der Waals surface area contributed by atoms with Crippen LogP contribution in [0.15, 0.2) is 24.3 Å². The van der Waals surface area contributed by atoms with Gasteiger partial charge in [-0.2, -0.15) is 0 Å². The van der Waals surface area contributed by atoms with Crippen molar-refractivity contribution in [2.75, 3.05) is 58.3 Å². The molecule has 4 rings (SSSR count). The fourth-order valence-electron chi connectivity index (χ4n) is 5.76. The normalized spacial score (nSPS) is 26.1. The molecular formula is C24H35FN4O3. The lowest BCUT2D eigenvalue weighted by molar-refractivity contribution is -0.137. The Morgan fingerprint density at radius 1 is 1.16 bits per heavy atom. The number of piperidine rings is 1. The molecule has 2 amide bonds. The first-order valence-electron chi connectivity index (χ1n) is 11.7. The van der Waals surface area contributed by atoms with Crippen LogP contribution >= 0.6 is 0 Å². The highest BCUT2D eigenvalue weighted by atomic mass is 19.1. The first kappa shape index (κ1) is 22.8. The highest BCUT2D eigenvalue weighted by Crippen LogP contribution is 2.44. The van der Waals surface area contributed by atoms with Crippen molar-refractivity contribution in [3.63, 3.8) is 0 Å². The van der Waals surface area contributed by atoms with Gasteiger partial charge in [-0.3, -0.25) is 9.69 Å². The lowest BCUT2D eigenvalue weighted by Crippen LogP contribution is -2.52. The molecule has 3 saturated heterocycles. The van der Waals surface area contributed by atoms with Crippen molar-refractivity contribution in [2.45, 2.75) is 44.7 Å². The number of likely N-dealkylation sites (tertiary alicyclic amines) is 2. The van der Waals surface area contributed by atoms with Crippen LogP contribution < -0.4 is 4.90 Å². The van der Waals surface area contributed by atoms with Crippen LogP contribution in [0.25, 0.3) is 0 Å². The molecule has 1 aromatic carbocycles. The van der Waals surface area contributed by atoms with Crippen LogP contribution in [-0.4, -0.2) is 92.2 Å².